The molecule has 26 heavy (non-hydrogen) atoms. The lowest BCUT2D eigenvalue weighted by molar-refractivity contribution is -0.127. The fraction of sp³-hybridized carbons (Fsp3) is 0.381. The lowest BCUT2D eigenvalue weighted by atomic mass is 9.88. The Balaban J connectivity index is 1.97. The molecule has 5 nitrogen and oxygen atoms in total. The van der Waals surface area contributed by atoms with Gasteiger partial charge in [-0.2, -0.15) is 0 Å². The number of nitrogens with zero attached hydrogens (tertiary/aromatic N) is 2. The summed E-state index contributed by atoms with van der Waals surface area (Å²) in [7, 11) is 5.58. The number of carbonyl (C=O) groups is 1. The number of likely N-dealkylation sites (N-methyl/N-ethyl adjacent to an activating group) is 1. The standard InChI is InChI=1S/C21H26N2O3/c1-22(2)12-13-23-19-7-5-4-6-16(19)14-18(20(24)21(23)25)15-8-10-17(26-3)11-9-15/h4-11,18,20,24H,12-14H2,1-3H3/t18-,20+/m0/s1. The van der Waals surface area contributed by atoms with E-state index in [2.05, 4.69) is 0 Å². The number of aliphatic hydroxyl groups excluding tert-OH is 1. The third-order valence-corrected chi connectivity index (χ3v) is 4.94. The molecule has 1 aliphatic rings. The third kappa shape index (κ3) is 3.74. The van der Waals surface area contributed by atoms with Crippen molar-refractivity contribution >= 4 is 11.6 Å². The van der Waals surface area contributed by atoms with Crippen molar-refractivity contribution in [2.75, 3.05) is 39.2 Å². The molecule has 5 heteroatoms. The first-order valence-corrected chi connectivity index (χ1v) is 8.87. The molecule has 1 aliphatic heterocycles. The van der Waals surface area contributed by atoms with Crippen molar-refractivity contribution in [2.45, 2.75) is 18.4 Å². The number of methoxy groups -OCH3 is 1. The van der Waals surface area contributed by atoms with Crippen molar-refractivity contribution in [1.29, 1.82) is 0 Å². The second-order valence-corrected chi connectivity index (χ2v) is 6.95. The molecule has 2 atom stereocenters. The van der Waals surface area contributed by atoms with E-state index < -0.39 is 6.10 Å². The molecular weight excluding hydrogens is 328 g/mol. The summed E-state index contributed by atoms with van der Waals surface area (Å²) in [5.41, 5.74) is 2.92. The van der Waals surface area contributed by atoms with E-state index in [1.165, 1.54) is 0 Å². The van der Waals surface area contributed by atoms with Crippen LogP contribution in [0.5, 0.6) is 5.75 Å². The van der Waals surface area contributed by atoms with Crippen LogP contribution in [-0.4, -0.2) is 56.3 Å². The van der Waals surface area contributed by atoms with Crippen LogP contribution in [0.4, 0.5) is 5.69 Å². The smallest absolute Gasteiger partial charge is 0.256 e. The summed E-state index contributed by atoms with van der Waals surface area (Å²) in [6.45, 7) is 1.29. The minimum Gasteiger partial charge on any atom is -0.497 e. The first-order chi connectivity index (χ1) is 12.5. The number of carbonyl (C=O) groups excluding carboxylic acids is 1. The zero-order chi connectivity index (χ0) is 18.7. The highest BCUT2D eigenvalue weighted by atomic mass is 16.5. The molecule has 0 bridgehead atoms. The fourth-order valence-electron chi connectivity index (χ4n) is 3.43. The van der Waals surface area contributed by atoms with Gasteiger partial charge in [0.2, 0.25) is 0 Å². The van der Waals surface area contributed by atoms with E-state index in [4.69, 9.17) is 4.74 Å². The van der Waals surface area contributed by atoms with Crippen molar-refractivity contribution in [3.63, 3.8) is 0 Å². The maximum atomic E-state index is 13.1. The quantitative estimate of drug-likeness (QED) is 0.895. The highest BCUT2D eigenvalue weighted by molar-refractivity contribution is 5.98. The van der Waals surface area contributed by atoms with Gasteiger partial charge in [-0.15, -0.1) is 0 Å². The van der Waals surface area contributed by atoms with Gasteiger partial charge in [0.05, 0.1) is 7.11 Å². The van der Waals surface area contributed by atoms with E-state index in [0.717, 1.165) is 29.1 Å². The summed E-state index contributed by atoms with van der Waals surface area (Å²) >= 11 is 0. The Labute approximate surface area is 154 Å². The van der Waals surface area contributed by atoms with E-state index in [-0.39, 0.29) is 11.8 Å². The second-order valence-electron chi connectivity index (χ2n) is 6.95. The Kier molecular flexibility index (Phi) is 5.59. The maximum absolute atomic E-state index is 13.1. The Morgan fingerprint density at radius 1 is 1.15 bits per heavy atom. The van der Waals surface area contributed by atoms with Crippen molar-refractivity contribution in [3.05, 3.63) is 59.7 Å². The first kappa shape index (κ1) is 18.4. The fourth-order valence-corrected chi connectivity index (χ4v) is 3.43. The molecule has 2 aromatic rings. The molecule has 0 unspecified atom stereocenters. The van der Waals surface area contributed by atoms with Gasteiger partial charge < -0.3 is 19.6 Å². The molecule has 0 aromatic heterocycles. The van der Waals surface area contributed by atoms with Crippen LogP contribution in [0.15, 0.2) is 48.5 Å². The molecule has 0 fully saturated rings. The highest BCUT2D eigenvalue weighted by Gasteiger charge is 2.36. The summed E-state index contributed by atoms with van der Waals surface area (Å²) < 4.78 is 5.21. The van der Waals surface area contributed by atoms with Crippen LogP contribution in [0.3, 0.4) is 0 Å². The number of ether oxygens (including phenoxy) is 1. The number of para-hydroxylation sites is 1. The number of benzene rings is 2. The maximum Gasteiger partial charge on any atom is 0.256 e. The van der Waals surface area contributed by atoms with E-state index in [1.54, 1.807) is 12.0 Å². The number of hydrogen-bond acceptors (Lipinski definition) is 4. The zero-order valence-corrected chi connectivity index (χ0v) is 15.6. The lowest BCUT2D eigenvalue weighted by Gasteiger charge is -2.26. The van der Waals surface area contributed by atoms with Crippen molar-refractivity contribution < 1.29 is 14.6 Å². The van der Waals surface area contributed by atoms with Gasteiger partial charge in [0.1, 0.15) is 11.9 Å². The van der Waals surface area contributed by atoms with Gasteiger partial charge in [-0.3, -0.25) is 4.79 Å². The van der Waals surface area contributed by atoms with Gasteiger partial charge in [0.25, 0.3) is 5.91 Å². The summed E-state index contributed by atoms with van der Waals surface area (Å²) in [5.74, 6) is 0.243. The van der Waals surface area contributed by atoms with Crippen LogP contribution in [-0.2, 0) is 11.2 Å². The molecule has 1 amide bonds. The lowest BCUT2D eigenvalue weighted by Crippen LogP contribution is -2.43. The predicted octanol–water partition coefficient (Wildman–Crippen LogP) is 2.29. The minimum absolute atomic E-state index is 0.238. The summed E-state index contributed by atoms with van der Waals surface area (Å²) in [5, 5.41) is 10.9. The third-order valence-electron chi connectivity index (χ3n) is 4.94. The van der Waals surface area contributed by atoms with Crippen LogP contribution >= 0.6 is 0 Å². The molecule has 0 aliphatic carbocycles. The van der Waals surface area contributed by atoms with Crippen LogP contribution in [0.2, 0.25) is 0 Å². The first-order valence-electron chi connectivity index (χ1n) is 8.87. The average Bonchev–Trinajstić information content (AvgIpc) is 2.76. The molecule has 2 aromatic carbocycles. The van der Waals surface area contributed by atoms with Crippen molar-refractivity contribution in [1.82, 2.24) is 4.90 Å². The Morgan fingerprint density at radius 2 is 1.85 bits per heavy atom. The molecule has 138 valence electrons. The average molecular weight is 354 g/mol. The summed E-state index contributed by atoms with van der Waals surface area (Å²) in [6.07, 6.45) is -0.452. The van der Waals surface area contributed by atoms with Gasteiger partial charge in [-0.05, 0) is 49.8 Å². The Bertz CT molecular complexity index is 758. The topological polar surface area (TPSA) is 53.0 Å². The summed E-state index contributed by atoms with van der Waals surface area (Å²) in [6, 6.07) is 15.5. The predicted molar refractivity (Wildman–Crippen MR) is 103 cm³/mol. The van der Waals surface area contributed by atoms with E-state index in [1.807, 2.05) is 67.5 Å². The van der Waals surface area contributed by atoms with Crippen molar-refractivity contribution in [2.24, 2.45) is 0 Å². The largest absolute Gasteiger partial charge is 0.497 e. The molecule has 1 N–H and O–H groups in total. The zero-order valence-electron chi connectivity index (χ0n) is 15.6. The van der Waals surface area contributed by atoms with Gasteiger partial charge >= 0.3 is 0 Å². The van der Waals surface area contributed by atoms with Gasteiger partial charge in [-0.25, -0.2) is 0 Å². The van der Waals surface area contributed by atoms with Crippen LogP contribution in [0, 0.1) is 0 Å². The molecule has 1 heterocycles. The normalized spacial score (nSPS) is 20.0. The molecular formula is C21H26N2O3. The number of aliphatic hydroxyl groups is 1. The number of anilines is 1. The van der Waals surface area contributed by atoms with Crippen LogP contribution < -0.4 is 9.64 Å². The van der Waals surface area contributed by atoms with E-state index >= 15 is 0 Å². The molecule has 0 saturated carbocycles. The SMILES string of the molecule is COc1ccc([C@@H]2Cc3ccccc3N(CCN(C)C)C(=O)[C@@H]2O)cc1. The summed E-state index contributed by atoms with van der Waals surface area (Å²) in [4.78, 5) is 16.8. The monoisotopic (exact) mass is 354 g/mol. The van der Waals surface area contributed by atoms with Gasteiger partial charge in [0, 0.05) is 24.7 Å². The molecule has 3 rings (SSSR count). The number of rotatable bonds is 5. The highest BCUT2D eigenvalue weighted by Crippen LogP contribution is 2.35. The molecule has 0 radical (unpaired) electrons. The van der Waals surface area contributed by atoms with E-state index in [0.29, 0.717) is 13.0 Å². The second kappa shape index (κ2) is 7.89. The Morgan fingerprint density at radius 3 is 2.50 bits per heavy atom. The Hall–Kier alpha value is -2.37. The number of amides is 1. The molecule has 0 saturated heterocycles. The number of hydrogen-bond donors (Lipinski definition) is 1. The number of fused-ring (bicyclic) bond motifs is 1. The van der Waals surface area contributed by atoms with Crippen molar-refractivity contribution in [3.8, 4) is 5.75 Å². The van der Waals surface area contributed by atoms with Gasteiger partial charge in [-0.1, -0.05) is 30.3 Å². The van der Waals surface area contributed by atoms with Gasteiger partial charge in [0.15, 0.2) is 0 Å². The van der Waals surface area contributed by atoms with E-state index in [9.17, 15) is 9.90 Å². The van der Waals surface area contributed by atoms with Crippen LogP contribution in [0.1, 0.15) is 17.0 Å². The minimum atomic E-state index is -1.07. The molecule has 0 spiro atoms. The van der Waals surface area contributed by atoms with Crippen LogP contribution in [0.25, 0.3) is 0 Å².